The first kappa shape index (κ1) is 20.8. The van der Waals surface area contributed by atoms with Crippen molar-refractivity contribution in [2.45, 2.75) is 69.4 Å². The van der Waals surface area contributed by atoms with Crippen molar-refractivity contribution >= 4 is 39.1 Å². The first-order chi connectivity index (χ1) is 12.9. The van der Waals surface area contributed by atoms with E-state index in [1.165, 1.54) is 10.4 Å². The van der Waals surface area contributed by atoms with Gasteiger partial charge in [0.2, 0.25) is 0 Å². The SMILES string of the molecule is CC[C@]1(C)Cc2c(sc3nc(SC(C)C)nc(NCC(OC)OC)c23)CO1. The molecule has 0 amide bonds. The predicted octanol–water partition coefficient (Wildman–Crippen LogP) is 4.46. The summed E-state index contributed by atoms with van der Waals surface area (Å²) in [7, 11) is 3.28. The van der Waals surface area contributed by atoms with Crippen molar-refractivity contribution < 1.29 is 14.2 Å². The molecule has 3 heterocycles. The van der Waals surface area contributed by atoms with Gasteiger partial charge in [0.05, 0.1) is 24.1 Å². The van der Waals surface area contributed by atoms with E-state index >= 15 is 0 Å². The molecule has 27 heavy (non-hydrogen) atoms. The summed E-state index contributed by atoms with van der Waals surface area (Å²) in [5.41, 5.74) is 1.19. The molecule has 0 aliphatic carbocycles. The highest BCUT2D eigenvalue weighted by Gasteiger charge is 2.33. The maximum absolute atomic E-state index is 6.13. The van der Waals surface area contributed by atoms with Crippen molar-refractivity contribution in [3.8, 4) is 0 Å². The molecule has 150 valence electrons. The molecule has 0 aromatic carbocycles. The van der Waals surface area contributed by atoms with Gasteiger partial charge in [-0.3, -0.25) is 0 Å². The van der Waals surface area contributed by atoms with Gasteiger partial charge < -0.3 is 19.5 Å². The van der Waals surface area contributed by atoms with E-state index in [-0.39, 0.29) is 11.9 Å². The highest BCUT2D eigenvalue weighted by atomic mass is 32.2. The number of rotatable bonds is 8. The Balaban J connectivity index is 2.04. The van der Waals surface area contributed by atoms with Gasteiger partial charge in [0.1, 0.15) is 10.6 Å². The van der Waals surface area contributed by atoms with Crippen LogP contribution in [0, 0.1) is 0 Å². The van der Waals surface area contributed by atoms with Crippen LogP contribution in [0.4, 0.5) is 5.82 Å². The maximum atomic E-state index is 6.13. The second kappa shape index (κ2) is 8.61. The lowest BCUT2D eigenvalue weighted by Gasteiger charge is -2.33. The van der Waals surface area contributed by atoms with E-state index in [1.54, 1.807) is 37.3 Å². The van der Waals surface area contributed by atoms with Crippen LogP contribution in [0.15, 0.2) is 5.16 Å². The van der Waals surface area contributed by atoms with Gasteiger partial charge in [-0.05, 0) is 18.9 Å². The highest BCUT2D eigenvalue weighted by molar-refractivity contribution is 7.99. The normalized spacial score (nSPS) is 19.9. The molecule has 0 radical (unpaired) electrons. The molecule has 6 nitrogen and oxygen atoms in total. The molecule has 0 bridgehead atoms. The molecule has 0 spiro atoms. The van der Waals surface area contributed by atoms with Gasteiger partial charge in [0.15, 0.2) is 11.4 Å². The van der Waals surface area contributed by atoms with Gasteiger partial charge in [-0.1, -0.05) is 32.5 Å². The van der Waals surface area contributed by atoms with Gasteiger partial charge in [0.25, 0.3) is 0 Å². The Hall–Kier alpha value is -0.930. The average molecular weight is 412 g/mol. The molecule has 3 rings (SSSR count). The molecule has 1 atom stereocenters. The molecule has 8 heteroatoms. The number of hydrogen-bond acceptors (Lipinski definition) is 8. The number of ether oxygens (including phenoxy) is 3. The van der Waals surface area contributed by atoms with Crippen LogP contribution in [0.1, 0.15) is 44.6 Å². The minimum Gasteiger partial charge on any atom is -0.369 e. The number of thioether (sulfide) groups is 1. The van der Waals surface area contributed by atoms with E-state index in [9.17, 15) is 0 Å². The van der Waals surface area contributed by atoms with Crippen molar-refractivity contribution in [3.63, 3.8) is 0 Å². The lowest BCUT2D eigenvalue weighted by atomic mass is 9.90. The molecule has 2 aromatic heterocycles. The third-order valence-electron chi connectivity index (χ3n) is 4.87. The lowest BCUT2D eigenvalue weighted by molar-refractivity contribution is -0.0914. The van der Waals surface area contributed by atoms with Crippen LogP contribution >= 0.6 is 23.1 Å². The number of fused-ring (bicyclic) bond motifs is 3. The van der Waals surface area contributed by atoms with Crippen LogP contribution in [-0.2, 0) is 27.2 Å². The fourth-order valence-electron chi connectivity index (χ4n) is 3.11. The number of anilines is 1. The lowest BCUT2D eigenvalue weighted by Crippen LogP contribution is -2.34. The second-order valence-corrected chi connectivity index (χ2v) is 9.88. The summed E-state index contributed by atoms with van der Waals surface area (Å²) >= 11 is 3.39. The number of thiophene rings is 1. The van der Waals surface area contributed by atoms with E-state index in [0.717, 1.165) is 34.0 Å². The molecule has 1 N–H and O–H groups in total. The Morgan fingerprint density at radius 3 is 2.67 bits per heavy atom. The maximum Gasteiger partial charge on any atom is 0.191 e. The van der Waals surface area contributed by atoms with Crippen molar-refractivity contribution in [1.82, 2.24) is 9.97 Å². The molecule has 1 aliphatic rings. The van der Waals surface area contributed by atoms with Crippen LogP contribution in [0.5, 0.6) is 0 Å². The molecular formula is C19H29N3O3S2. The third kappa shape index (κ3) is 4.56. The largest absolute Gasteiger partial charge is 0.369 e. The monoisotopic (exact) mass is 411 g/mol. The van der Waals surface area contributed by atoms with Crippen LogP contribution in [0.2, 0.25) is 0 Å². The van der Waals surface area contributed by atoms with Crippen LogP contribution in [0.3, 0.4) is 0 Å². The number of nitrogens with zero attached hydrogens (tertiary/aromatic N) is 2. The third-order valence-corrected chi connectivity index (χ3v) is 6.83. The van der Waals surface area contributed by atoms with Gasteiger partial charge in [-0.15, -0.1) is 11.3 Å². The van der Waals surface area contributed by atoms with E-state index in [1.807, 2.05) is 0 Å². The summed E-state index contributed by atoms with van der Waals surface area (Å²) < 4.78 is 16.8. The van der Waals surface area contributed by atoms with Gasteiger partial charge in [-0.25, -0.2) is 9.97 Å². The van der Waals surface area contributed by atoms with Crippen molar-refractivity contribution in [1.29, 1.82) is 0 Å². The molecule has 1 aliphatic heterocycles. The molecule has 0 saturated carbocycles. The number of nitrogens with one attached hydrogen (secondary N) is 1. The summed E-state index contributed by atoms with van der Waals surface area (Å²) in [6.07, 6.45) is 1.53. The molecule has 0 unspecified atom stereocenters. The topological polar surface area (TPSA) is 65.5 Å². The van der Waals surface area contributed by atoms with Gasteiger partial charge in [0, 0.05) is 30.8 Å². The first-order valence-corrected chi connectivity index (χ1v) is 11.0. The van der Waals surface area contributed by atoms with Crippen molar-refractivity contribution in [2.24, 2.45) is 0 Å². The summed E-state index contributed by atoms with van der Waals surface area (Å²) in [6, 6.07) is 0. The Labute approximate surface area is 169 Å². The zero-order valence-electron chi connectivity index (χ0n) is 16.9. The number of hydrogen-bond donors (Lipinski definition) is 1. The number of aromatic nitrogens is 2. The summed E-state index contributed by atoms with van der Waals surface area (Å²) in [6.45, 7) is 9.83. The average Bonchev–Trinajstić information content (AvgIpc) is 2.99. The minimum absolute atomic E-state index is 0.134. The summed E-state index contributed by atoms with van der Waals surface area (Å²) in [4.78, 5) is 11.9. The Morgan fingerprint density at radius 2 is 2.04 bits per heavy atom. The Bertz CT molecular complexity index is 792. The Kier molecular flexibility index (Phi) is 6.63. The summed E-state index contributed by atoms with van der Waals surface area (Å²) in [5, 5.41) is 5.77. The fraction of sp³-hybridized carbons (Fsp3) is 0.684. The fourth-order valence-corrected chi connectivity index (χ4v) is 4.98. The van der Waals surface area contributed by atoms with Gasteiger partial charge >= 0.3 is 0 Å². The second-order valence-electron chi connectivity index (χ2n) is 7.26. The highest BCUT2D eigenvalue weighted by Crippen LogP contribution is 2.42. The molecule has 0 fully saturated rings. The van der Waals surface area contributed by atoms with Crippen molar-refractivity contribution in [3.05, 3.63) is 10.4 Å². The Morgan fingerprint density at radius 1 is 1.30 bits per heavy atom. The summed E-state index contributed by atoms with van der Waals surface area (Å²) in [5.74, 6) is 0.861. The van der Waals surface area contributed by atoms with E-state index in [2.05, 4.69) is 33.0 Å². The standard InChI is InChI=1S/C19H29N3O3S2/c1-7-19(4)8-12-13(10-25-19)27-17-15(12)16(20-9-14(23-5)24-6)21-18(22-17)26-11(2)3/h11,14H,7-10H2,1-6H3,(H,20,21,22)/t19-/m1/s1. The minimum atomic E-state index is -0.324. The van der Waals surface area contributed by atoms with Gasteiger partial charge in [-0.2, -0.15) is 0 Å². The van der Waals surface area contributed by atoms with E-state index < -0.39 is 0 Å². The van der Waals surface area contributed by atoms with Crippen molar-refractivity contribution in [2.75, 3.05) is 26.1 Å². The van der Waals surface area contributed by atoms with Crippen LogP contribution < -0.4 is 5.32 Å². The van der Waals surface area contributed by atoms with Crippen LogP contribution in [-0.4, -0.2) is 47.9 Å². The molecular weight excluding hydrogens is 382 g/mol. The first-order valence-electron chi connectivity index (χ1n) is 9.31. The smallest absolute Gasteiger partial charge is 0.191 e. The molecule has 0 saturated heterocycles. The van der Waals surface area contributed by atoms with E-state index in [4.69, 9.17) is 24.2 Å². The zero-order valence-corrected chi connectivity index (χ0v) is 18.6. The zero-order chi connectivity index (χ0) is 19.6. The number of methoxy groups -OCH3 is 2. The molecule has 2 aromatic rings. The van der Waals surface area contributed by atoms with Crippen LogP contribution in [0.25, 0.3) is 10.2 Å². The van der Waals surface area contributed by atoms with E-state index in [0.29, 0.717) is 18.4 Å². The quantitative estimate of drug-likeness (QED) is 0.391. The predicted molar refractivity (Wildman–Crippen MR) is 112 cm³/mol.